The van der Waals surface area contributed by atoms with E-state index in [0.717, 1.165) is 29.7 Å². The summed E-state index contributed by atoms with van der Waals surface area (Å²) in [7, 11) is 1.54. The van der Waals surface area contributed by atoms with E-state index in [4.69, 9.17) is 9.72 Å². The van der Waals surface area contributed by atoms with Gasteiger partial charge in [0.1, 0.15) is 5.82 Å². The van der Waals surface area contributed by atoms with Gasteiger partial charge in [-0.25, -0.2) is 19.5 Å². The van der Waals surface area contributed by atoms with E-state index >= 15 is 0 Å². The fourth-order valence-corrected chi connectivity index (χ4v) is 3.91. The predicted molar refractivity (Wildman–Crippen MR) is 133 cm³/mol. The molecule has 8 nitrogen and oxygen atoms in total. The van der Waals surface area contributed by atoms with Gasteiger partial charge >= 0.3 is 0 Å². The summed E-state index contributed by atoms with van der Waals surface area (Å²) in [6.07, 6.45) is 7.84. The normalized spacial score (nSPS) is 10.7. The summed E-state index contributed by atoms with van der Waals surface area (Å²) in [5.74, 6) is 1.30. The second kappa shape index (κ2) is 10.7. The molecule has 3 heterocycles. The number of ether oxygens (including phenoxy) is 1. The highest BCUT2D eigenvalue weighted by molar-refractivity contribution is 5.67. The van der Waals surface area contributed by atoms with Crippen LogP contribution in [0.1, 0.15) is 48.0 Å². The molecule has 176 valence electrons. The van der Waals surface area contributed by atoms with Crippen LogP contribution < -0.4 is 10.3 Å². The van der Waals surface area contributed by atoms with Gasteiger partial charge in [-0.3, -0.25) is 9.78 Å². The molecule has 1 aromatic carbocycles. The number of unbranched alkanes of at least 4 members (excludes halogenated alkanes) is 1. The van der Waals surface area contributed by atoms with E-state index in [-0.39, 0.29) is 11.5 Å². The fourth-order valence-electron chi connectivity index (χ4n) is 3.91. The molecular weight excluding hydrogens is 440 g/mol. The zero-order valence-electron chi connectivity index (χ0n) is 20.0. The minimum absolute atomic E-state index is 0.187. The van der Waals surface area contributed by atoms with E-state index < -0.39 is 0 Å². The molecule has 0 N–H and O–H groups in total. The predicted octanol–water partition coefficient (Wildman–Crippen LogP) is 4.21. The molecule has 0 unspecified atom stereocenters. The Hall–Kier alpha value is -4.38. The van der Waals surface area contributed by atoms with Crippen LogP contribution in [0.4, 0.5) is 0 Å². The van der Waals surface area contributed by atoms with Crippen LogP contribution >= 0.6 is 0 Å². The minimum Gasteiger partial charge on any atom is -0.494 e. The monoisotopic (exact) mass is 466 g/mol. The van der Waals surface area contributed by atoms with Crippen LogP contribution in [0, 0.1) is 18.3 Å². The number of methoxy groups -OCH3 is 1. The molecule has 0 atom stereocenters. The summed E-state index contributed by atoms with van der Waals surface area (Å²) in [6.45, 7) is 3.90. The lowest BCUT2D eigenvalue weighted by atomic mass is 10.0. The van der Waals surface area contributed by atoms with Crippen molar-refractivity contribution in [3.8, 4) is 29.0 Å². The third kappa shape index (κ3) is 5.09. The topological polar surface area (TPSA) is 107 Å². The third-order valence-corrected chi connectivity index (χ3v) is 5.78. The van der Waals surface area contributed by atoms with Crippen molar-refractivity contribution in [2.45, 2.75) is 39.5 Å². The lowest BCUT2D eigenvalue weighted by Gasteiger charge is -2.14. The largest absolute Gasteiger partial charge is 0.494 e. The van der Waals surface area contributed by atoms with E-state index in [9.17, 15) is 10.1 Å². The maximum absolute atomic E-state index is 13.7. The summed E-state index contributed by atoms with van der Waals surface area (Å²) in [5.41, 5.74) is 4.15. The smallest absolute Gasteiger partial charge is 0.264 e. The Bertz CT molecular complexity index is 1420. The van der Waals surface area contributed by atoms with Crippen LogP contribution in [0.5, 0.6) is 5.75 Å². The SMILES string of the molecule is CCCCc1nc(C)n(-c2ncc(OC)cn2)c(=O)c1Cc1ccc(-c2ccccc2C#N)nc1. The molecule has 0 saturated heterocycles. The van der Waals surface area contributed by atoms with E-state index in [1.165, 1.54) is 24.1 Å². The minimum atomic E-state index is -0.187. The van der Waals surface area contributed by atoms with Crippen molar-refractivity contribution in [1.29, 1.82) is 5.26 Å². The van der Waals surface area contributed by atoms with Gasteiger partial charge in [-0.2, -0.15) is 5.26 Å². The van der Waals surface area contributed by atoms with Crippen molar-refractivity contribution in [3.63, 3.8) is 0 Å². The Morgan fingerprint density at radius 1 is 1.06 bits per heavy atom. The maximum atomic E-state index is 13.7. The van der Waals surface area contributed by atoms with Gasteiger partial charge in [0.25, 0.3) is 5.56 Å². The third-order valence-electron chi connectivity index (χ3n) is 5.78. The van der Waals surface area contributed by atoms with Crippen LogP contribution in [0.25, 0.3) is 17.2 Å². The van der Waals surface area contributed by atoms with Crippen molar-refractivity contribution < 1.29 is 4.74 Å². The zero-order chi connectivity index (χ0) is 24.8. The van der Waals surface area contributed by atoms with Gasteiger partial charge in [-0.05, 0) is 37.5 Å². The number of benzene rings is 1. The van der Waals surface area contributed by atoms with Crippen molar-refractivity contribution in [1.82, 2.24) is 24.5 Å². The van der Waals surface area contributed by atoms with Crippen molar-refractivity contribution in [2.75, 3.05) is 7.11 Å². The number of nitrogens with zero attached hydrogens (tertiary/aromatic N) is 6. The van der Waals surface area contributed by atoms with Gasteiger partial charge < -0.3 is 4.74 Å². The Morgan fingerprint density at radius 2 is 1.83 bits per heavy atom. The number of aromatic nitrogens is 5. The fraction of sp³-hybridized carbons (Fsp3) is 0.259. The van der Waals surface area contributed by atoms with Crippen LogP contribution in [0.3, 0.4) is 0 Å². The molecule has 0 bridgehead atoms. The Kier molecular flexibility index (Phi) is 7.27. The first-order chi connectivity index (χ1) is 17.0. The van der Waals surface area contributed by atoms with Gasteiger partial charge in [0.15, 0.2) is 5.75 Å². The van der Waals surface area contributed by atoms with E-state index in [1.54, 1.807) is 19.2 Å². The van der Waals surface area contributed by atoms with Crippen LogP contribution in [-0.2, 0) is 12.8 Å². The molecule has 35 heavy (non-hydrogen) atoms. The van der Waals surface area contributed by atoms with E-state index in [0.29, 0.717) is 41.2 Å². The molecule has 0 aliphatic heterocycles. The molecule has 8 heteroatoms. The summed E-state index contributed by atoms with van der Waals surface area (Å²) >= 11 is 0. The second-order valence-corrected chi connectivity index (χ2v) is 8.14. The Balaban J connectivity index is 1.73. The molecule has 0 saturated carbocycles. The molecule has 0 amide bonds. The van der Waals surface area contributed by atoms with Gasteiger partial charge in [0, 0.05) is 23.7 Å². The molecule has 4 aromatic rings. The van der Waals surface area contributed by atoms with Crippen LogP contribution in [-0.4, -0.2) is 31.6 Å². The molecule has 0 radical (unpaired) electrons. The van der Waals surface area contributed by atoms with Gasteiger partial charge in [-0.15, -0.1) is 0 Å². The molecule has 0 aliphatic carbocycles. The summed E-state index contributed by atoms with van der Waals surface area (Å²) in [5, 5.41) is 9.39. The van der Waals surface area contributed by atoms with E-state index in [2.05, 4.69) is 27.9 Å². The standard InChI is InChI=1S/C27H26N6O2/c1-4-5-10-25-23(26(34)33(18(2)32-25)27-30-16-21(35-3)17-31-27)13-19-11-12-24(29-15-19)22-9-7-6-8-20(22)14-28/h6-9,11-12,15-17H,4-5,10,13H2,1-3H3. The molecule has 0 fully saturated rings. The number of pyridine rings is 1. The molecule has 0 aliphatic rings. The molecule has 4 rings (SSSR count). The lowest BCUT2D eigenvalue weighted by molar-refractivity contribution is 0.410. The number of hydrogen-bond acceptors (Lipinski definition) is 7. The highest BCUT2D eigenvalue weighted by Crippen LogP contribution is 2.22. The molecule has 0 spiro atoms. The van der Waals surface area contributed by atoms with Crippen molar-refractivity contribution in [3.05, 3.63) is 93.6 Å². The van der Waals surface area contributed by atoms with Crippen molar-refractivity contribution >= 4 is 0 Å². The first kappa shape index (κ1) is 23.8. The first-order valence-corrected chi connectivity index (χ1v) is 11.5. The van der Waals surface area contributed by atoms with E-state index in [1.807, 2.05) is 30.3 Å². The Labute approximate surface area is 203 Å². The average molecular weight is 467 g/mol. The van der Waals surface area contributed by atoms with Crippen molar-refractivity contribution in [2.24, 2.45) is 0 Å². The van der Waals surface area contributed by atoms with Gasteiger partial charge in [0.2, 0.25) is 5.95 Å². The zero-order valence-corrected chi connectivity index (χ0v) is 20.0. The summed E-state index contributed by atoms with van der Waals surface area (Å²) in [4.78, 5) is 31.6. The van der Waals surface area contributed by atoms with Crippen LogP contribution in [0.15, 0.2) is 59.8 Å². The van der Waals surface area contributed by atoms with Crippen LogP contribution in [0.2, 0.25) is 0 Å². The summed E-state index contributed by atoms with van der Waals surface area (Å²) in [6, 6.07) is 13.4. The number of rotatable bonds is 8. The molecular formula is C27H26N6O2. The number of aryl methyl sites for hydroxylation is 2. The highest BCUT2D eigenvalue weighted by Gasteiger charge is 2.18. The second-order valence-electron chi connectivity index (χ2n) is 8.14. The average Bonchev–Trinajstić information content (AvgIpc) is 2.90. The highest BCUT2D eigenvalue weighted by atomic mass is 16.5. The van der Waals surface area contributed by atoms with Gasteiger partial charge in [-0.1, -0.05) is 37.6 Å². The lowest BCUT2D eigenvalue weighted by Crippen LogP contribution is -2.29. The number of nitriles is 1. The number of hydrogen-bond donors (Lipinski definition) is 0. The quantitative estimate of drug-likeness (QED) is 0.383. The van der Waals surface area contributed by atoms with Gasteiger partial charge in [0.05, 0.1) is 42.5 Å². The first-order valence-electron chi connectivity index (χ1n) is 11.5. The Morgan fingerprint density at radius 3 is 2.49 bits per heavy atom. The molecule has 3 aromatic heterocycles. The maximum Gasteiger partial charge on any atom is 0.264 e. The summed E-state index contributed by atoms with van der Waals surface area (Å²) < 4.78 is 6.57.